The fourth-order valence-electron chi connectivity index (χ4n) is 9.47. The van der Waals surface area contributed by atoms with E-state index in [4.69, 9.17) is 8.83 Å². The van der Waals surface area contributed by atoms with E-state index in [-0.39, 0.29) is 0 Å². The summed E-state index contributed by atoms with van der Waals surface area (Å²) in [4.78, 5) is 4.74. The lowest BCUT2D eigenvalue weighted by Gasteiger charge is -2.29. The quantitative estimate of drug-likeness (QED) is 0.153. The molecule has 0 radical (unpaired) electrons. The zero-order chi connectivity index (χ0) is 41.4. The van der Waals surface area contributed by atoms with E-state index < -0.39 is 0 Å². The molecule has 0 saturated heterocycles. The molecule has 0 saturated carbocycles. The van der Waals surface area contributed by atoms with Crippen molar-refractivity contribution >= 4 is 99.5 Å². The van der Waals surface area contributed by atoms with Crippen molar-refractivity contribution in [3.05, 3.63) is 193 Å². The van der Waals surface area contributed by atoms with Gasteiger partial charge in [-0.2, -0.15) is 0 Å². The number of fused-ring (bicyclic) bond motifs is 9. The first-order valence-corrected chi connectivity index (χ1v) is 21.4. The van der Waals surface area contributed by atoms with Crippen LogP contribution in [0.5, 0.6) is 0 Å². The van der Waals surface area contributed by atoms with Gasteiger partial charge >= 0.3 is 0 Å². The van der Waals surface area contributed by atoms with Crippen molar-refractivity contribution in [1.29, 1.82) is 0 Å². The van der Waals surface area contributed by atoms with Gasteiger partial charge in [0.1, 0.15) is 11.2 Å². The van der Waals surface area contributed by atoms with Crippen LogP contribution < -0.4 is 9.80 Å². The molecule has 0 fully saturated rings. The lowest BCUT2D eigenvalue weighted by atomic mass is 9.98. The molecule has 4 nitrogen and oxygen atoms in total. The lowest BCUT2D eigenvalue weighted by molar-refractivity contribution is 0.633. The molecule has 9 aromatic carbocycles. The molecule has 61 heavy (non-hydrogen) atoms. The summed E-state index contributed by atoms with van der Waals surface area (Å²) in [7, 11) is 0. The molecule has 2 aromatic heterocycles. The molecule has 0 aliphatic carbocycles. The number of benzene rings is 9. The number of aryl methyl sites for hydroxylation is 1. The van der Waals surface area contributed by atoms with Crippen LogP contribution in [-0.2, 0) is 0 Å². The Bertz CT molecular complexity index is 3450. The predicted octanol–water partition coefficient (Wildman–Crippen LogP) is 17.3. The maximum Gasteiger partial charge on any atom is 0.178 e. The standard InChI is InChI=1S/C57H46N2O2/c1-35(2)46-20-12-14-22-51(46)58(42-16-8-6-9-17-42)44-26-24-38-31-48-49-28-37(5)55-50-32-39-25-27-45(59(43-18-10-7-11-19-43)52-23-15-13-21-47(52)36(3)4)30-41(39)34-54(50)61-57(55)56(49)60-53(48)33-40(38)29-44/h6-36H,1-5H3. The van der Waals surface area contributed by atoms with Crippen molar-refractivity contribution in [1.82, 2.24) is 0 Å². The number of anilines is 6. The SMILES string of the molecule is Cc1cc2c3cc4ccc(N(c5ccccc5)c5ccccc5C(C)C)cc4cc3oc2c2oc3cc4cc(N(c5ccccc5)c5ccccc5C(C)C)ccc4cc3c12. The molecule has 0 aliphatic heterocycles. The number of hydrogen-bond acceptors (Lipinski definition) is 4. The number of para-hydroxylation sites is 4. The Morgan fingerprint density at radius 2 is 0.836 bits per heavy atom. The Labute approximate surface area is 355 Å². The van der Waals surface area contributed by atoms with Crippen LogP contribution in [0.25, 0.3) is 65.4 Å². The Morgan fingerprint density at radius 1 is 0.377 bits per heavy atom. The van der Waals surface area contributed by atoms with Gasteiger partial charge in [0.15, 0.2) is 11.2 Å². The first-order valence-electron chi connectivity index (χ1n) is 21.4. The molecular weight excluding hydrogens is 745 g/mol. The molecule has 2 heterocycles. The second-order valence-corrected chi connectivity index (χ2v) is 17.0. The molecule has 0 amide bonds. The van der Waals surface area contributed by atoms with Crippen molar-refractivity contribution in [3.63, 3.8) is 0 Å². The van der Waals surface area contributed by atoms with E-state index in [1.54, 1.807) is 0 Å². The van der Waals surface area contributed by atoms with Gasteiger partial charge in [0.2, 0.25) is 0 Å². The van der Waals surface area contributed by atoms with E-state index in [0.717, 1.165) is 88.2 Å². The maximum atomic E-state index is 6.87. The second-order valence-electron chi connectivity index (χ2n) is 17.0. The van der Waals surface area contributed by atoms with Crippen LogP contribution in [0.4, 0.5) is 34.1 Å². The van der Waals surface area contributed by atoms with Gasteiger partial charge in [0.05, 0.1) is 0 Å². The summed E-state index contributed by atoms with van der Waals surface area (Å²) in [6.07, 6.45) is 0. The van der Waals surface area contributed by atoms with Crippen molar-refractivity contribution in [2.24, 2.45) is 0 Å². The highest BCUT2D eigenvalue weighted by Gasteiger charge is 2.23. The topological polar surface area (TPSA) is 32.8 Å². The van der Waals surface area contributed by atoms with Gasteiger partial charge in [-0.25, -0.2) is 0 Å². The third-order valence-corrected chi connectivity index (χ3v) is 12.4. The Balaban J connectivity index is 1.05. The molecule has 0 N–H and O–H groups in total. The smallest absolute Gasteiger partial charge is 0.178 e. The van der Waals surface area contributed by atoms with Crippen molar-refractivity contribution in [3.8, 4) is 0 Å². The Morgan fingerprint density at radius 3 is 1.36 bits per heavy atom. The van der Waals surface area contributed by atoms with Gasteiger partial charge in [-0.1, -0.05) is 113 Å². The van der Waals surface area contributed by atoms with E-state index in [0.29, 0.717) is 11.8 Å². The summed E-state index contributed by atoms with van der Waals surface area (Å²) in [6, 6.07) is 63.5. The summed E-state index contributed by atoms with van der Waals surface area (Å²) in [5, 5.41) is 8.90. The Kier molecular flexibility index (Phi) is 8.71. The van der Waals surface area contributed by atoms with Crippen LogP contribution in [0.3, 0.4) is 0 Å². The van der Waals surface area contributed by atoms with Crippen molar-refractivity contribution < 1.29 is 8.83 Å². The summed E-state index contributed by atoms with van der Waals surface area (Å²) >= 11 is 0. The molecule has 0 bridgehead atoms. The van der Waals surface area contributed by atoms with Crippen LogP contribution in [0.2, 0.25) is 0 Å². The van der Waals surface area contributed by atoms with E-state index in [1.165, 1.54) is 28.1 Å². The number of hydrogen-bond donors (Lipinski definition) is 0. The van der Waals surface area contributed by atoms with Crippen LogP contribution in [-0.4, -0.2) is 0 Å². The monoisotopic (exact) mass is 790 g/mol. The molecule has 296 valence electrons. The molecule has 0 spiro atoms. The first-order chi connectivity index (χ1) is 29.8. The summed E-state index contributed by atoms with van der Waals surface area (Å²) in [6.45, 7) is 11.2. The number of nitrogens with zero attached hydrogens (tertiary/aromatic N) is 2. The minimum atomic E-state index is 0.370. The van der Waals surface area contributed by atoms with E-state index in [9.17, 15) is 0 Å². The van der Waals surface area contributed by atoms with Crippen LogP contribution in [0, 0.1) is 6.92 Å². The highest BCUT2D eigenvalue weighted by Crippen LogP contribution is 2.46. The molecule has 0 atom stereocenters. The molecule has 0 unspecified atom stereocenters. The molecule has 4 heteroatoms. The lowest BCUT2D eigenvalue weighted by Crippen LogP contribution is -2.12. The summed E-state index contributed by atoms with van der Waals surface area (Å²) in [5.74, 6) is 0.741. The van der Waals surface area contributed by atoms with Crippen molar-refractivity contribution in [2.75, 3.05) is 9.80 Å². The largest absolute Gasteiger partial charge is 0.452 e. The number of furan rings is 2. The van der Waals surface area contributed by atoms with Crippen LogP contribution in [0.1, 0.15) is 56.2 Å². The predicted molar refractivity (Wildman–Crippen MR) is 258 cm³/mol. The zero-order valence-electron chi connectivity index (χ0n) is 35.1. The average Bonchev–Trinajstić information content (AvgIpc) is 3.84. The highest BCUT2D eigenvalue weighted by atomic mass is 16.4. The number of rotatable bonds is 8. The van der Waals surface area contributed by atoms with Gasteiger partial charge in [0.25, 0.3) is 0 Å². The molecular formula is C57H46N2O2. The molecule has 11 aromatic rings. The normalized spacial score (nSPS) is 12.0. The van der Waals surface area contributed by atoms with E-state index >= 15 is 0 Å². The summed E-state index contributed by atoms with van der Waals surface area (Å²) in [5.41, 5.74) is 13.9. The third-order valence-electron chi connectivity index (χ3n) is 12.4. The van der Waals surface area contributed by atoms with Gasteiger partial charge in [-0.3, -0.25) is 0 Å². The average molecular weight is 791 g/mol. The van der Waals surface area contributed by atoms with Gasteiger partial charge < -0.3 is 18.6 Å². The summed E-state index contributed by atoms with van der Waals surface area (Å²) < 4.78 is 13.7. The van der Waals surface area contributed by atoms with E-state index in [2.05, 4.69) is 220 Å². The minimum Gasteiger partial charge on any atom is -0.452 e. The Hall–Kier alpha value is -7.30. The molecule has 11 rings (SSSR count). The van der Waals surface area contributed by atoms with Crippen molar-refractivity contribution in [2.45, 2.75) is 46.5 Å². The fourth-order valence-corrected chi connectivity index (χ4v) is 9.47. The second kappa shape index (κ2) is 14.5. The van der Waals surface area contributed by atoms with E-state index in [1.807, 2.05) is 0 Å². The maximum absolute atomic E-state index is 6.87. The molecule has 0 aliphatic rings. The third kappa shape index (κ3) is 6.13. The van der Waals surface area contributed by atoms with Gasteiger partial charge in [-0.15, -0.1) is 0 Å². The first kappa shape index (κ1) is 36.8. The van der Waals surface area contributed by atoms with Crippen LogP contribution in [0.15, 0.2) is 185 Å². The van der Waals surface area contributed by atoms with Crippen LogP contribution >= 0.6 is 0 Å². The zero-order valence-corrected chi connectivity index (χ0v) is 35.1. The minimum absolute atomic E-state index is 0.370. The fraction of sp³-hybridized carbons (Fsp3) is 0.123. The van der Waals surface area contributed by atoms with Gasteiger partial charge in [-0.05, 0) is 148 Å². The van der Waals surface area contributed by atoms with Gasteiger partial charge in [0, 0.05) is 55.7 Å². The highest BCUT2D eigenvalue weighted by molar-refractivity contribution is 6.22.